The van der Waals surface area contributed by atoms with Gasteiger partial charge in [0.15, 0.2) is 0 Å². The zero-order valence-corrected chi connectivity index (χ0v) is 10.5. The molecule has 18 heavy (non-hydrogen) atoms. The summed E-state index contributed by atoms with van der Waals surface area (Å²) >= 11 is 0. The quantitative estimate of drug-likeness (QED) is 0.648. The van der Waals surface area contributed by atoms with Crippen LogP contribution in [0.4, 0.5) is 11.4 Å². The van der Waals surface area contributed by atoms with E-state index in [0.717, 1.165) is 12.2 Å². The van der Waals surface area contributed by atoms with E-state index in [9.17, 15) is 10.1 Å². The molecule has 2 unspecified atom stereocenters. The molecule has 1 aromatic rings. The maximum absolute atomic E-state index is 10.9. The molecule has 0 bridgehead atoms. The molecule has 1 aliphatic heterocycles. The van der Waals surface area contributed by atoms with E-state index in [1.165, 1.54) is 13.2 Å². The molecule has 6 heteroatoms. The Bertz CT molecular complexity index is 454. The number of anilines is 1. The summed E-state index contributed by atoms with van der Waals surface area (Å²) in [5.74, 6) is 0.877. The van der Waals surface area contributed by atoms with Gasteiger partial charge in [-0.25, -0.2) is 0 Å². The third-order valence-electron chi connectivity index (χ3n) is 3.36. The van der Waals surface area contributed by atoms with Crippen LogP contribution in [0.1, 0.15) is 6.92 Å². The predicted molar refractivity (Wildman–Crippen MR) is 69.0 cm³/mol. The Hall–Kier alpha value is -1.82. The summed E-state index contributed by atoms with van der Waals surface area (Å²) in [6, 6.07) is 4.89. The van der Waals surface area contributed by atoms with Crippen LogP contribution in [0.25, 0.3) is 0 Å². The summed E-state index contributed by atoms with van der Waals surface area (Å²) in [4.78, 5) is 12.5. The van der Waals surface area contributed by atoms with E-state index in [4.69, 9.17) is 10.5 Å². The fourth-order valence-corrected chi connectivity index (χ4v) is 2.18. The number of nitrogens with two attached hydrogens (primary N) is 1. The highest BCUT2D eigenvalue weighted by molar-refractivity contribution is 5.58. The van der Waals surface area contributed by atoms with Crippen molar-refractivity contribution >= 4 is 11.4 Å². The van der Waals surface area contributed by atoms with Gasteiger partial charge < -0.3 is 15.4 Å². The molecular formula is C12H17N3O3. The Kier molecular flexibility index (Phi) is 3.38. The van der Waals surface area contributed by atoms with Gasteiger partial charge >= 0.3 is 0 Å². The number of hydrogen-bond acceptors (Lipinski definition) is 5. The number of methoxy groups -OCH3 is 1. The Balaban J connectivity index is 2.32. The fourth-order valence-electron chi connectivity index (χ4n) is 2.18. The smallest absolute Gasteiger partial charge is 0.275 e. The van der Waals surface area contributed by atoms with Crippen molar-refractivity contribution in [2.75, 3.05) is 25.1 Å². The van der Waals surface area contributed by atoms with Gasteiger partial charge in [0.1, 0.15) is 5.75 Å². The molecule has 2 N–H and O–H groups in total. The molecule has 6 nitrogen and oxygen atoms in total. The topological polar surface area (TPSA) is 81.6 Å². The summed E-state index contributed by atoms with van der Waals surface area (Å²) in [5.41, 5.74) is 6.80. The standard InChI is InChI=1S/C12H17N3O3/c1-8-6-14(7-12(8)13)9-3-10(15(16)17)5-11(4-9)18-2/h3-5,8,12H,6-7,13H2,1-2H3. The van der Waals surface area contributed by atoms with Crippen LogP contribution in [0.5, 0.6) is 5.75 Å². The number of ether oxygens (including phenoxy) is 1. The molecular weight excluding hydrogens is 234 g/mol. The maximum Gasteiger partial charge on any atom is 0.275 e. The molecule has 0 radical (unpaired) electrons. The lowest BCUT2D eigenvalue weighted by molar-refractivity contribution is -0.384. The second-order valence-corrected chi connectivity index (χ2v) is 4.69. The van der Waals surface area contributed by atoms with Crippen LogP contribution in [-0.4, -0.2) is 31.2 Å². The van der Waals surface area contributed by atoms with Crippen molar-refractivity contribution < 1.29 is 9.66 Å². The summed E-state index contributed by atoms with van der Waals surface area (Å²) < 4.78 is 5.10. The highest BCUT2D eigenvalue weighted by atomic mass is 16.6. The highest BCUT2D eigenvalue weighted by Crippen LogP contribution is 2.31. The Morgan fingerprint density at radius 1 is 1.44 bits per heavy atom. The summed E-state index contributed by atoms with van der Waals surface area (Å²) in [5, 5.41) is 10.9. The van der Waals surface area contributed by atoms with Gasteiger partial charge in [-0.15, -0.1) is 0 Å². The minimum atomic E-state index is -0.411. The van der Waals surface area contributed by atoms with Crippen molar-refractivity contribution in [2.45, 2.75) is 13.0 Å². The van der Waals surface area contributed by atoms with Gasteiger partial charge in [0.05, 0.1) is 18.1 Å². The molecule has 98 valence electrons. The normalized spacial score (nSPS) is 23.2. The second kappa shape index (κ2) is 4.81. The van der Waals surface area contributed by atoms with E-state index in [0.29, 0.717) is 18.2 Å². The zero-order valence-electron chi connectivity index (χ0n) is 10.5. The van der Waals surface area contributed by atoms with E-state index in [1.807, 2.05) is 0 Å². The third-order valence-corrected chi connectivity index (χ3v) is 3.36. The first-order valence-electron chi connectivity index (χ1n) is 5.85. The SMILES string of the molecule is COc1cc(N2CC(C)C(N)C2)cc([N+](=O)[O-])c1. The van der Waals surface area contributed by atoms with Crippen LogP contribution < -0.4 is 15.4 Å². The van der Waals surface area contributed by atoms with Gasteiger partial charge in [0, 0.05) is 37.0 Å². The Morgan fingerprint density at radius 3 is 2.67 bits per heavy atom. The lowest BCUT2D eigenvalue weighted by Crippen LogP contribution is -2.28. The largest absolute Gasteiger partial charge is 0.496 e. The van der Waals surface area contributed by atoms with Crippen molar-refractivity contribution in [3.63, 3.8) is 0 Å². The maximum atomic E-state index is 10.9. The number of benzene rings is 1. The van der Waals surface area contributed by atoms with E-state index in [1.54, 1.807) is 12.1 Å². The third kappa shape index (κ3) is 2.38. The molecule has 1 aromatic carbocycles. The van der Waals surface area contributed by atoms with Crippen LogP contribution >= 0.6 is 0 Å². The van der Waals surface area contributed by atoms with Gasteiger partial charge in [0.25, 0.3) is 5.69 Å². The molecule has 1 heterocycles. The molecule has 1 fully saturated rings. The molecule has 0 spiro atoms. The van der Waals surface area contributed by atoms with Gasteiger partial charge in [-0.05, 0) is 5.92 Å². The van der Waals surface area contributed by atoms with Crippen LogP contribution in [-0.2, 0) is 0 Å². The average molecular weight is 251 g/mol. The summed E-state index contributed by atoms with van der Waals surface area (Å²) in [7, 11) is 1.50. The number of rotatable bonds is 3. The highest BCUT2D eigenvalue weighted by Gasteiger charge is 2.27. The van der Waals surface area contributed by atoms with Crippen LogP contribution in [0.15, 0.2) is 18.2 Å². The van der Waals surface area contributed by atoms with Gasteiger partial charge in [-0.1, -0.05) is 6.92 Å². The molecule has 0 aliphatic carbocycles. The Labute approximate surface area is 105 Å². The van der Waals surface area contributed by atoms with Crippen molar-refractivity contribution in [1.82, 2.24) is 0 Å². The van der Waals surface area contributed by atoms with Gasteiger partial charge in [-0.2, -0.15) is 0 Å². The van der Waals surface area contributed by atoms with E-state index >= 15 is 0 Å². The van der Waals surface area contributed by atoms with E-state index in [2.05, 4.69) is 11.8 Å². The minimum absolute atomic E-state index is 0.0393. The van der Waals surface area contributed by atoms with Crippen molar-refractivity contribution in [3.8, 4) is 5.75 Å². The molecule has 0 amide bonds. The predicted octanol–water partition coefficient (Wildman–Crippen LogP) is 1.39. The number of nitro benzene ring substituents is 1. The first-order valence-corrected chi connectivity index (χ1v) is 5.85. The van der Waals surface area contributed by atoms with Crippen LogP contribution in [0, 0.1) is 16.0 Å². The van der Waals surface area contributed by atoms with E-state index in [-0.39, 0.29) is 11.7 Å². The monoisotopic (exact) mass is 251 g/mol. The molecule has 2 rings (SSSR count). The number of non-ortho nitro benzene ring substituents is 1. The zero-order chi connectivity index (χ0) is 13.3. The van der Waals surface area contributed by atoms with Crippen molar-refractivity contribution in [1.29, 1.82) is 0 Å². The number of nitro groups is 1. The molecule has 2 atom stereocenters. The number of nitrogens with zero attached hydrogens (tertiary/aromatic N) is 2. The van der Waals surface area contributed by atoms with Crippen molar-refractivity contribution in [3.05, 3.63) is 28.3 Å². The van der Waals surface area contributed by atoms with Gasteiger partial charge in [-0.3, -0.25) is 10.1 Å². The summed E-state index contributed by atoms with van der Waals surface area (Å²) in [6.45, 7) is 3.61. The Morgan fingerprint density at radius 2 is 2.17 bits per heavy atom. The lowest BCUT2D eigenvalue weighted by atomic mass is 10.1. The van der Waals surface area contributed by atoms with Crippen LogP contribution in [0.2, 0.25) is 0 Å². The lowest BCUT2D eigenvalue weighted by Gasteiger charge is -2.18. The second-order valence-electron chi connectivity index (χ2n) is 4.69. The van der Waals surface area contributed by atoms with Crippen molar-refractivity contribution in [2.24, 2.45) is 11.7 Å². The van der Waals surface area contributed by atoms with Crippen LogP contribution in [0.3, 0.4) is 0 Å². The van der Waals surface area contributed by atoms with Gasteiger partial charge in [0.2, 0.25) is 0 Å². The molecule has 0 saturated carbocycles. The fraction of sp³-hybridized carbons (Fsp3) is 0.500. The minimum Gasteiger partial charge on any atom is -0.496 e. The average Bonchev–Trinajstić information content (AvgIpc) is 2.69. The molecule has 1 aliphatic rings. The first kappa shape index (κ1) is 12.6. The molecule has 1 saturated heterocycles. The first-order chi connectivity index (χ1) is 8.51. The molecule has 0 aromatic heterocycles. The number of hydrogen-bond donors (Lipinski definition) is 1. The van der Waals surface area contributed by atoms with E-state index < -0.39 is 4.92 Å². The summed E-state index contributed by atoms with van der Waals surface area (Å²) in [6.07, 6.45) is 0.